The van der Waals surface area contributed by atoms with Crippen molar-refractivity contribution in [1.82, 2.24) is 4.72 Å². The van der Waals surface area contributed by atoms with Crippen molar-refractivity contribution in [1.29, 1.82) is 0 Å². The fraction of sp³-hybridized carbons (Fsp3) is 0.278. The van der Waals surface area contributed by atoms with E-state index < -0.39 is 17.0 Å². The summed E-state index contributed by atoms with van der Waals surface area (Å²) in [6.45, 7) is 5.78. The first-order valence-corrected chi connectivity index (χ1v) is 8.89. The molecule has 3 rings (SSSR count). The Hall–Kier alpha value is -2.09. The van der Waals surface area contributed by atoms with Crippen molar-refractivity contribution < 1.29 is 17.9 Å². The highest BCUT2D eigenvalue weighted by molar-refractivity contribution is 7.77. The molecule has 1 heterocycles. The molecule has 0 bridgehead atoms. The Bertz CT molecular complexity index is 881. The Labute approximate surface area is 148 Å². The van der Waals surface area contributed by atoms with E-state index in [4.69, 9.17) is 9.29 Å². The van der Waals surface area contributed by atoms with Gasteiger partial charge in [0.15, 0.2) is 5.72 Å². The number of aliphatic imine (C=N–C) groups is 1. The van der Waals surface area contributed by atoms with Gasteiger partial charge in [-0.25, -0.2) is 18.3 Å². The van der Waals surface area contributed by atoms with Crippen molar-refractivity contribution in [2.24, 2.45) is 4.99 Å². The highest BCUT2D eigenvalue weighted by Gasteiger charge is 2.29. The van der Waals surface area contributed by atoms with Crippen LogP contribution in [-0.4, -0.2) is 20.2 Å². The molecule has 5 nitrogen and oxygen atoms in total. The van der Waals surface area contributed by atoms with Gasteiger partial charge in [0, 0.05) is 17.7 Å². The van der Waals surface area contributed by atoms with Crippen LogP contribution in [0.15, 0.2) is 41.4 Å². The van der Waals surface area contributed by atoms with Crippen LogP contribution in [0.5, 0.6) is 5.75 Å². The fourth-order valence-electron chi connectivity index (χ4n) is 2.82. The smallest absolute Gasteiger partial charge is 0.232 e. The molecule has 0 radical (unpaired) electrons. The van der Waals surface area contributed by atoms with E-state index in [2.05, 4.69) is 9.71 Å². The third-order valence-electron chi connectivity index (χ3n) is 3.89. The topological polar surface area (TPSA) is 70.9 Å². The van der Waals surface area contributed by atoms with Crippen LogP contribution < -0.4 is 9.46 Å². The van der Waals surface area contributed by atoms with Crippen LogP contribution in [0.4, 0.5) is 4.39 Å². The molecule has 132 valence electrons. The Morgan fingerprint density at radius 3 is 2.64 bits per heavy atom. The molecule has 1 aliphatic heterocycles. The van der Waals surface area contributed by atoms with Crippen molar-refractivity contribution >= 4 is 17.0 Å². The van der Waals surface area contributed by atoms with Crippen molar-refractivity contribution in [3.63, 3.8) is 0 Å². The second kappa shape index (κ2) is 6.67. The largest absolute Gasteiger partial charge is 0.466 e. The van der Waals surface area contributed by atoms with E-state index in [1.165, 1.54) is 12.1 Å². The summed E-state index contributed by atoms with van der Waals surface area (Å²) in [6, 6.07) is 10.2. The van der Waals surface area contributed by atoms with Crippen molar-refractivity contribution in [2.45, 2.75) is 33.0 Å². The number of halogens is 1. The molecule has 0 fully saturated rings. The van der Waals surface area contributed by atoms with Crippen molar-refractivity contribution in [3.8, 4) is 5.75 Å². The van der Waals surface area contributed by atoms with Crippen LogP contribution in [0.1, 0.15) is 36.1 Å². The first-order valence-electron chi connectivity index (χ1n) is 7.78. The molecule has 2 aromatic carbocycles. The van der Waals surface area contributed by atoms with Crippen molar-refractivity contribution in [3.05, 3.63) is 64.5 Å². The minimum Gasteiger partial charge on any atom is -0.466 e. The van der Waals surface area contributed by atoms with Crippen LogP contribution in [-0.2, 0) is 17.8 Å². The zero-order chi connectivity index (χ0) is 18.2. The number of nitrogens with one attached hydrogen (secondary N) is 1. The van der Waals surface area contributed by atoms with Gasteiger partial charge >= 0.3 is 0 Å². The molecule has 0 saturated heterocycles. The summed E-state index contributed by atoms with van der Waals surface area (Å²) in [5.41, 5.74) is 3.24. The quantitative estimate of drug-likeness (QED) is 0.820. The number of fused-ring (bicyclic) bond motifs is 1. The zero-order valence-corrected chi connectivity index (χ0v) is 15.0. The van der Waals surface area contributed by atoms with E-state index in [0.717, 1.165) is 28.0 Å². The number of benzene rings is 2. The van der Waals surface area contributed by atoms with E-state index in [1.807, 2.05) is 39.0 Å². The lowest BCUT2D eigenvalue weighted by atomic mass is 9.94. The summed E-state index contributed by atoms with van der Waals surface area (Å²) in [5, 5.41) is 0. The van der Waals surface area contributed by atoms with E-state index in [1.54, 1.807) is 6.07 Å². The Morgan fingerprint density at radius 1 is 1.24 bits per heavy atom. The van der Waals surface area contributed by atoms with Crippen LogP contribution >= 0.6 is 0 Å². The summed E-state index contributed by atoms with van der Waals surface area (Å²) in [6.07, 6.45) is 0. The van der Waals surface area contributed by atoms with Crippen LogP contribution in [0.25, 0.3) is 0 Å². The fourth-order valence-corrected chi connectivity index (χ4v) is 3.11. The summed E-state index contributed by atoms with van der Waals surface area (Å²) in [4.78, 5) is 4.69. The number of rotatable bonds is 4. The van der Waals surface area contributed by atoms with Crippen LogP contribution in [0, 0.1) is 12.7 Å². The number of hydrogen-bond donors (Lipinski definition) is 2. The van der Waals surface area contributed by atoms with Gasteiger partial charge in [-0.3, -0.25) is 4.55 Å². The van der Waals surface area contributed by atoms with Gasteiger partial charge < -0.3 is 4.74 Å². The number of hydrogen-bond acceptors (Lipinski definition) is 3. The lowest BCUT2D eigenvalue weighted by molar-refractivity contribution is 0.115. The Morgan fingerprint density at radius 2 is 1.96 bits per heavy atom. The average molecular weight is 362 g/mol. The molecular weight excluding hydrogens is 343 g/mol. The minimum atomic E-state index is -2.08. The molecule has 0 amide bonds. The third kappa shape index (κ3) is 3.95. The molecule has 0 aliphatic carbocycles. The summed E-state index contributed by atoms with van der Waals surface area (Å²) in [7, 11) is 0. The molecule has 7 heteroatoms. The highest BCUT2D eigenvalue weighted by Crippen LogP contribution is 2.34. The molecule has 2 N–H and O–H groups in total. The van der Waals surface area contributed by atoms with Gasteiger partial charge in [0.05, 0.1) is 5.71 Å². The lowest BCUT2D eigenvalue weighted by Gasteiger charge is -2.31. The number of aryl methyl sites for hydroxylation is 1. The first-order chi connectivity index (χ1) is 11.7. The van der Waals surface area contributed by atoms with Gasteiger partial charge in [0.1, 0.15) is 11.6 Å². The molecule has 0 spiro atoms. The zero-order valence-electron chi connectivity index (χ0n) is 14.2. The minimum absolute atomic E-state index is 0.238. The molecule has 0 aromatic heterocycles. The van der Waals surface area contributed by atoms with E-state index in [-0.39, 0.29) is 12.4 Å². The predicted molar refractivity (Wildman–Crippen MR) is 95.5 cm³/mol. The van der Waals surface area contributed by atoms with Gasteiger partial charge in [0.25, 0.3) is 0 Å². The normalized spacial score (nSPS) is 16.6. The number of ether oxygens (including phenoxy) is 1. The van der Waals surface area contributed by atoms with Gasteiger partial charge in [-0.1, -0.05) is 6.07 Å². The molecule has 1 unspecified atom stereocenters. The molecule has 1 atom stereocenters. The Balaban J connectivity index is 2.06. The van der Waals surface area contributed by atoms with Crippen LogP contribution in [0.2, 0.25) is 0 Å². The van der Waals surface area contributed by atoms with Crippen molar-refractivity contribution in [2.75, 3.05) is 0 Å². The Kier molecular flexibility index (Phi) is 4.73. The predicted octanol–water partition coefficient (Wildman–Crippen LogP) is 3.33. The molecular formula is C18H19FN2O3S. The van der Waals surface area contributed by atoms with Gasteiger partial charge in [-0.15, -0.1) is 0 Å². The summed E-state index contributed by atoms with van der Waals surface area (Å²) in [5.74, 6) is 0.355. The van der Waals surface area contributed by atoms with Gasteiger partial charge in [-0.2, -0.15) is 0 Å². The molecule has 0 saturated carbocycles. The van der Waals surface area contributed by atoms with E-state index >= 15 is 0 Å². The average Bonchev–Trinajstić information content (AvgIpc) is 2.51. The van der Waals surface area contributed by atoms with Gasteiger partial charge in [-0.05, 0) is 62.2 Å². The van der Waals surface area contributed by atoms with E-state index in [0.29, 0.717) is 5.75 Å². The highest BCUT2D eigenvalue weighted by atomic mass is 32.2. The summed E-state index contributed by atoms with van der Waals surface area (Å²) < 4.78 is 41.5. The van der Waals surface area contributed by atoms with E-state index in [9.17, 15) is 8.60 Å². The maximum atomic E-state index is 13.4. The van der Waals surface area contributed by atoms with Crippen LogP contribution in [0.3, 0.4) is 0 Å². The second-order valence-corrected chi connectivity index (χ2v) is 7.16. The summed E-state index contributed by atoms with van der Waals surface area (Å²) >= 11 is -2.08. The molecule has 1 aliphatic rings. The third-order valence-corrected chi connectivity index (χ3v) is 4.28. The standard InChI is InChI=1S/C18H19FN2O3S/c1-11-8-13(19)5-7-14(11)17-15-6-4-12(10-20-25(22)23)9-16(15)24-18(2,3)21-17/h4-9,20H,10H2,1-3H3,(H,22,23). The molecule has 2 aromatic rings. The monoisotopic (exact) mass is 362 g/mol. The SMILES string of the molecule is Cc1cc(F)ccc1C1=NC(C)(C)Oc2cc(CNS(=O)O)ccc21. The maximum absolute atomic E-state index is 13.4. The number of nitrogens with zero attached hydrogens (tertiary/aromatic N) is 1. The second-order valence-electron chi connectivity index (χ2n) is 6.37. The first kappa shape index (κ1) is 17.7. The van der Waals surface area contributed by atoms with Gasteiger partial charge in [0.2, 0.25) is 11.3 Å². The lowest BCUT2D eigenvalue weighted by Crippen LogP contribution is -2.32. The maximum Gasteiger partial charge on any atom is 0.232 e. The molecule has 25 heavy (non-hydrogen) atoms.